The second kappa shape index (κ2) is 6.86. The molecule has 3 rings (SSSR count). The fourth-order valence-corrected chi connectivity index (χ4v) is 2.18. The predicted octanol–water partition coefficient (Wildman–Crippen LogP) is 2.08. The highest BCUT2D eigenvalue weighted by Crippen LogP contribution is 2.24. The summed E-state index contributed by atoms with van der Waals surface area (Å²) in [4.78, 5) is 16.7. The number of hydrogen-bond acceptors (Lipinski definition) is 6. The van der Waals surface area contributed by atoms with Crippen LogP contribution in [0.25, 0.3) is 11.3 Å². The number of rotatable bonds is 5. The average molecular weight is 324 g/mol. The van der Waals surface area contributed by atoms with E-state index >= 15 is 0 Å². The number of benzene rings is 1. The molecule has 24 heavy (non-hydrogen) atoms. The van der Waals surface area contributed by atoms with Gasteiger partial charge in [0.25, 0.3) is 11.9 Å². The molecular weight excluding hydrogens is 308 g/mol. The molecule has 1 amide bonds. The summed E-state index contributed by atoms with van der Waals surface area (Å²) in [5, 5.41) is 15.5. The molecule has 122 valence electrons. The van der Waals surface area contributed by atoms with Crippen LogP contribution in [0.4, 0.5) is 5.95 Å². The van der Waals surface area contributed by atoms with Gasteiger partial charge in [-0.15, -0.1) is 5.10 Å². The SMILES string of the molecule is CCc1ccc(-c2cc(OC)cc(C(=O)Nc3nn[nH]n3)n2)cc1. The standard InChI is InChI=1S/C16H16N6O2/c1-3-10-4-6-11(7-5-10)13-8-12(24-2)9-14(17-13)15(23)18-16-19-21-22-20-16/h4-9H,3H2,1-2H3,(H2,18,19,20,21,22,23). The minimum absolute atomic E-state index is 0.0819. The molecule has 2 aromatic heterocycles. The van der Waals surface area contributed by atoms with Gasteiger partial charge in [-0.25, -0.2) is 4.98 Å². The molecule has 3 aromatic rings. The molecule has 0 atom stereocenters. The summed E-state index contributed by atoms with van der Waals surface area (Å²) in [5.41, 5.74) is 2.99. The van der Waals surface area contributed by atoms with Crippen LogP contribution in [0.3, 0.4) is 0 Å². The van der Waals surface area contributed by atoms with Gasteiger partial charge in [-0.3, -0.25) is 10.1 Å². The normalized spacial score (nSPS) is 10.4. The predicted molar refractivity (Wildman–Crippen MR) is 87.7 cm³/mol. The van der Waals surface area contributed by atoms with Crippen molar-refractivity contribution in [1.82, 2.24) is 25.6 Å². The van der Waals surface area contributed by atoms with Crippen molar-refractivity contribution < 1.29 is 9.53 Å². The lowest BCUT2D eigenvalue weighted by molar-refractivity contribution is 0.102. The Bertz CT molecular complexity index is 830. The minimum Gasteiger partial charge on any atom is -0.497 e. The smallest absolute Gasteiger partial charge is 0.276 e. The molecule has 2 N–H and O–H groups in total. The fourth-order valence-electron chi connectivity index (χ4n) is 2.18. The van der Waals surface area contributed by atoms with Gasteiger partial charge in [-0.05, 0) is 17.2 Å². The van der Waals surface area contributed by atoms with Gasteiger partial charge in [0.05, 0.1) is 12.8 Å². The van der Waals surface area contributed by atoms with Crippen molar-refractivity contribution in [2.45, 2.75) is 13.3 Å². The number of carbonyl (C=O) groups is 1. The molecule has 0 spiro atoms. The van der Waals surface area contributed by atoms with Crippen LogP contribution in [0, 0.1) is 0 Å². The zero-order chi connectivity index (χ0) is 16.9. The third kappa shape index (κ3) is 3.37. The van der Waals surface area contributed by atoms with Crippen molar-refractivity contribution >= 4 is 11.9 Å². The monoisotopic (exact) mass is 324 g/mol. The van der Waals surface area contributed by atoms with E-state index in [-0.39, 0.29) is 11.6 Å². The van der Waals surface area contributed by atoms with Crippen molar-refractivity contribution in [3.63, 3.8) is 0 Å². The Morgan fingerprint density at radius 3 is 2.67 bits per heavy atom. The van der Waals surface area contributed by atoms with Gasteiger partial charge >= 0.3 is 0 Å². The molecule has 0 fully saturated rings. The summed E-state index contributed by atoms with van der Waals surface area (Å²) in [5.74, 6) is 0.179. The summed E-state index contributed by atoms with van der Waals surface area (Å²) in [6, 6.07) is 11.4. The maximum atomic E-state index is 12.3. The van der Waals surface area contributed by atoms with Crippen LogP contribution in [0.5, 0.6) is 5.75 Å². The first-order chi connectivity index (χ1) is 11.7. The molecule has 0 aliphatic heterocycles. The molecule has 0 bridgehead atoms. The van der Waals surface area contributed by atoms with Gasteiger partial charge < -0.3 is 4.74 Å². The van der Waals surface area contributed by atoms with Crippen LogP contribution >= 0.6 is 0 Å². The number of H-pyrrole nitrogens is 1. The lowest BCUT2D eigenvalue weighted by atomic mass is 10.1. The summed E-state index contributed by atoms with van der Waals surface area (Å²) < 4.78 is 5.28. The van der Waals surface area contributed by atoms with Crippen LogP contribution in [0.1, 0.15) is 23.0 Å². The Morgan fingerprint density at radius 2 is 2.04 bits per heavy atom. The Balaban J connectivity index is 1.93. The van der Waals surface area contributed by atoms with Gasteiger partial charge in [0.2, 0.25) is 0 Å². The molecular formula is C16H16N6O2. The van der Waals surface area contributed by atoms with E-state index in [1.165, 1.54) is 5.56 Å². The van der Waals surface area contributed by atoms with E-state index in [4.69, 9.17) is 4.74 Å². The molecule has 0 saturated carbocycles. The van der Waals surface area contributed by atoms with Crippen molar-refractivity contribution in [2.75, 3.05) is 12.4 Å². The molecule has 1 aromatic carbocycles. The first-order valence-electron chi connectivity index (χ1n) is 7.39. The third-order valence-electron chi connectivity index (χ3n) is 3.50. The van der Waals surface area contributed by atoms with Crippen LogP contribution < -0.4 is 10.1 Å². The molecule has 0 saturated heterocycles. The Labute approximate surface area is 138 Å². The number of amides is 1. The topological polar surface area (TPSA) is 106 Å². The molecule has 8 nitrogen and oxygen atoms in total. The van der Waals surface area contributed by atoms with Crippen molar-refractivity contribution in [1.29, 1.82) is 0 Å². The Hall–Kier alpha value is -3.29. The zero-order valence-corrected chi connectivity index (χ0v) is 13.3. The molecule has 0 aliphatic carbocycles. The zero-order valence-electron chi connectivity index (χ0n) is 13.3. The van der Waals surface area contributed by atoms with E-state index in [2.05, 4.69) is 37.8 Å². The van der Waals surface area contributed by atoms with Crippen LogP contribution in [0.15, 0.2) is 36.4 Å². The number of methoxy groups -OCH3 is 1. The summed E-state index contributed by atoms with van der Waals surface area (Å²) in [7, 11) is 1.54. The molecule has 2 heterocycles. The van der Waals surface area contributed by atoms with E-state index in [0.29, 0.717) is 11.4 Å². The number of nitrogens with zero attached hydrogens (tertiary/aromatic N) is 4. The van der Waals surface area contributed by atoms with Gasteiger partial charge in [0.15, 0.2) is 0 Å². The molecule has 0 radical (unpaired) electrons. The van der Waals surface area contributed by atoms with E-state index in [9.17, 15) is 4.79 Å². The fraction of sp³-hybridized carbons (Fsp3) is 0.188. The van der Waals surface area contributed by atoms with Gasteiger partial charge in [0, 0.05) is 17.7 Å². The first kappa shape index (κ1) is 15.6. The number of nitrogens with one attached hydrogen (secondary N) is 2. The van der Waals surface area contributed by atoms with E-state index in [1.807, 2.05) is 24.3 Å². The largest absolute Gasteiger partial charge is 0.497 e. The number of anilines is 1. The summed E-state index contributed by atoms with van der Waals surface area (Å²) in [6.07, 6.45) is 0.962. The number of aromatic nitrogens is 5. The highest BCUT2D eigenvalue weighted by Gasteiger charge is 2.14. The van der Waals surface area contributed by atoms with Gasteiger partial charge in [-0.2, -0.15) is 5.21 Å². The third-order valence-corrected chi connectivity index (χ3v) is 3.50. The lowest BCUT2D eigenvalue weighted by Gasteiger charge is -2.08. The quantitative estimate of drug-likeness (QED) is 0.744. The van der Waals surface area contributed by atoms with E-state index < -0.39 is 5.91 Å². The maximum absolute atomic E-state index is 12.3. The molecule has 8 heteroatoms. The number of aromatic amines is 1. The number of carbonyl (C=O) groups excluding carboxylic acids is 1. The number of ether oxygens (including phenoxy) is 1. The van der Waals surface area contributed by atoms with Crippen LogP contribution in [-0.4, -0.2) is 38.6 Å². The van der Waals surface area contributed by atoms with Gasteiger partial charge in [0.1, 0.15) is 11.4 Å². The summed E-state index contributed by atoms with van der Waals surface area (Å²) in [6.45, 7) is 2.10. The highest BCUT2D eigenvalue weighted by molar-refractivity contribution is 6.02. The molecule has 0 aliphatic rings. The summed E-state index contributed by atoms with van der Waals surface area (Å²) >= 11 is 0. The van der Waals surface area contributed by atoms with Crippen LogP contribution in [-0.2, 0) is 6.42 Å². The number of pyridine rings is 1. The van der Waals surface area contributed by atoms with E-state index in [1.54, 1.807) is 19.2 Å². The second-order valence-electron chi connectivity index (χ2n) is 5.02. The lowest BCUT2D eigenvalue weighted by Crippen LogP contribution is -2.15. The minimum atomic E-state index is -0.443. The second-order valence-corrected chi connectivity index (χ2v) is 5.02. The first-order valence-corrected chi connectivity index (χ1v) is 7.39. The van der Waals surface area contributed by atoms with Crippen molar-refractivity contribution in [3.8, 4) is 17.0 Å². The van der Waals surface area contributed by atoms with Crippen LogP contribution in [0.2, 0.25) is 0 Å². The van der Waals surface area contributed by atoms with E-state index in [0.717, 1.165) is 12.0 Å². The maximum Gasteiger partial charge on any atom is 0.276 e. The van der Waals surface area contributed by atoms with Crippen molar-refractivity contribution in [3.05, 3.63) is 47.7 Å². The Morgan fingerprint density at radius 1 is 1.25 bits per heavy atom. The molecule has 0 unspecified atom stereocenters. The number of tetrazole rings is 1. The number of aryl methyl sites for hydroxylation is 1. The van der Waals surface area contributed by atoms with Gasteiger partial charge in [-0.1, -0.05) is 36.3 Å². The highest BCUT2D eigenvalue weighted by atomic mass is 16.5. The van der Waals surface area contributed by atoms with Crippen molar-refractivity contribution in [2.24, 2.45) is 0 Å². The Kier molecular flexibility index (Phi) is 4.46. The average Bonchev–Trinajstić information content (AvgIpc) is 3.14. The number of hydrogen-bond donors (Lipinski definition) is 2.